The van der Waals surface area contributed by atoms with E-state index in [1.165, 1.54) is 10.9 Å². The summed E-state index contributed by atoms with van der Waals surface area (Å²) in [6.07, 6.45) is 0.525. The second-order valence-electron chi connectivity index (χ2n) is 3.87. The van der Waals surface area contributed by atoms with E-state index in [9.17, 15) is 4.39 Å². The van der Waals surface area contributed by atoms with Gasteiger partial charge in [-0.15, -0.1) is 21.8 Å². The topological polar surface area (TPSA) is 52.8 Å². The molecule has 0 bridgehead atoms. The van der Waals surface area contributed by atoms with Gasteiger partial charge in [-0.1, -0.05) is 11.8 Å². The van der Waals surface area contributed by atoms with Gasteiger partial charge in [-0.3, -0.25) is 0 Å². The van der Waals surface area contributed by atoms with Crippen LogP contribution in [0.15, 0.2) is 18.2 Å². The number of ether oxygens (including phenoxy) is 1. The summed E-state index contributed by atoms with van der Waals surface area (Å²) < 4.78 is 19.1. The summed E-state index contributed by atoms with van der Waals surface area (Å²) in [5.41, 5.74) is 0.320. The zero-order valence-electron chi connectivity index (χ0n) is 10.8. The fourth-order valence-corrected chi connectivity index (χ4v) is 1.52. The Hall–Kier alpha value is -2.13. The number of nitrogens with zero attached hydrogens (tertiary/aromatic N) is 4. The Kier molecular flexibility index (Phi) is 4.91. The van der Waals surface area contributed by atoms with Gasteiger partial charge < -0.3 is 4.74 Å². The van der Waals surface area contributed by atoms with Crippen molar-refractivity contribution in [2.45, 2.75) is 13.0 Å². The van der Waals surface area contributed by atoms with E-state index in [4.69, 9.17) is 16.3 Å². The summed E-state index contributed by atoms with van der Waals surface area (Å²) in [6, 6.07) is 4.49. The van der Waals surface area contributed by atoms with Gasteiger partial charge in [0, 0.05) is 18.4 Å². The molecule has 5 nitrogen and oxygen atoms in total. The van der Waals surface area contributed by atoms with Gasteiger partial charge in [-0.2, -0.15) is 4.80 Å². The molecule has 20 heavy (non-hydrogen) atoms. The number of aromatic nitrogens is 4. The molecule has 0 unspecified atom stereocenters. The quantitative estimate of drug-likeness (QED) is 0.638. The van der Waals surface area contributed by atoms with Crippen molar-refractivity contribution in [1.29, 1.82) is 0 Å². The summed E-state index contributed by atoms with van der Waals surface area (Å²) in [7, 11) is 1.66. The van der Waals surface area contributed by atoms with Crippen molar-refractivity contribution >= 4 is 11.6 Å². The van der Waals surface area contributed by atoms with Crippen LogP contribution in [0.4, 0.5) is 4.39 Å². The minimum absolute atomic E-state index is 0.130. The van der Waals surface area contributed by atoms with Crippen molar-refractivity contribution in [3.8, 4) is 17.6 Å². The molecule has 0 saturated carbocycles. The van der Waals surface area contributed by atoms with E-state index in [1.54, 1.807) is 19.2 Å². The number of alkyl halides is 1. The van der Waals surface area contributed by atoms with Crippen molar-refractivity contribution in [3.05, 3.63) is 35.4 Å². The van der Waals surface area contributed by atoms with Gasteiger partial charge in [0.15, 0.2) is 6.61 Å². The van der Waals surface area contributed by atoms with Gasteiger partial charge in [-0.25, -0.2) is 4.39 Å². The molecule has 7 heteroatoms. The van der Waals surface area contributed by atoms with Gasteiger partial charge in [0.2, 0.25) is 5.82 Å². The van der Waals surface area contributed by atoms with Crippen LogP contribution in [-0.2, 0) is 13.7 Å². The smallest absolute Gasteiger partial charge is 0.212 e. The number of hydrogen-bond acceptors (Lipinski definition) is 4. The van der Waals surface area contributed by atoms with Crippen LogP contribution in [0.25, 0.3) is 0 Å². The molecule has 0 aliphatic rings. The summed E-state index contributed by atoms with van der Waals surface area (Å²) in [4.78, 5) is 1.33. The molecule has 0 radical (unpaired) electrons. The van der Waals surface area contributed by atoms with E-state index in [-0.39, 0.29) is 6.61 Å². The number of benzene rings is 1. The molecule has 0 amide bonds. The maximum Gasteiger partial charge on any atom is 0.212 e. The molecule has 2 aromatic rings. The van der Waals surface area contributed by atoms with E-state index < -0.39 is 5.82 Å². The predicted octanol–water partition coefficient (Wildman–Crippen LogP) is 1.91. The summed E-state index contributed by atoms with van der Waals surface area (Å²) in [5, 5.41) is 11.4. The van der Waals surface area contributed by atoms with Crippen LogP contribution in [-0.4, -0.2) is 26.1 Å². The Morgan fingerprint density at radius 2 is 2.30 bits per heavy atom. The molecule has 0 aliphatic carbocycles. The minimum Gasteiger partial charge on any atom is -0.485 e. The van der Waals surface area contributed by atoms with Crippen molar-refractivity contribution in [3.63, 3.8) is 0 Å². The monoisotopic (exact) mass is 294 g/mol. The Balaban J connectivity index is 2.00. The molecular weight excluding hydrogens is 283 g/mol. The Morgan fingerprint density at radius 3 is 2.95 bits per heavy atom. The van der Waals surface area contributed by atoms with Gasteiger partial charge in [0.05, 0.1) is 12.6 Å². The molecule has 0 N–H and O–H groups in total. The molecule has 0 spiro atoms. The summed E-state index contributed by atoms with van der Waals surface area (Å²) in [5.74, 6) is 6.31. The van der Waals surface area contributed by atoms with Crippen LogP contribution < -0.4 is 4.74 Å². The Labute approximate surface area is 120 Å². The fourth-order valence-electron chi connectivity index (χ4n) is 1.42. The minimum atomic E-state index is -0.434. The first-order valence-electron chi connectivity index (χ1n) is 5.89. The first kappa shape index (κ1) is 14.3. The highest BCUT2D eigenvalue weighted by atomic mass is 35.5. The second-order valence-corrected chi connectivity index (χ2v) is 4.24. The molecule has 1 heterocycles. The number of halogens is 2. The summed E-state index contributed by atoms with van der Waals surface area (Å²) in [6.45, 7) is 0.130. The van der Waals surface area contributed by atoms with Gasteiger partial charge in [-0.05, 0) is 17.3 Å². The van der Waals surface area contributed by atoms with Crippen molar-refractivity contribution in [2.75, 3.05) is 5.88 Å². The lowest BCUT2D eigenvalue weighted by atomic mass is 10.2. The molecule has 0 atom stereocenters. The van der Waals surface area contributed by atoms with Crippen LogP contribution >= 0.6 is 11.6 Å². The van der Waals surface area contributed by atoms with Crippen molar-refractivity contribution in [2.24, 2.45) is 7.05 Å². The first-order chi connectivity index (χ1) is 9.69. The van der Waals surface area contributed by atoms with E-state index in [0.717, 1.165) is 0 Å². The zero-order valence-corrected chi connectivity index (χ0v) is 11.6. The molecule has 1 aromatic carbocycles. The summed E-state index contributed by atoms with van der Waals surface area (Å²) >= 11 is 5.50. The molecule has 0 aliphatic heterocycles. The van der Waals surface area contributed by atoms with E-state index in [2.05, 4.69) is 27.3 Å². The van der Waals surface area contributed by atoms with Crippen LogP contribution in [0, 0.1) is 17.7 Å². The van der Waals surface area contributed by atoms with Crippen LogP contribution in [0.1, 0.15) is 17.8 Å². The number of aryl methyl sites for hydroxylation is 1. The number of tetrazole rings is 1. The molecule has 104 valence electrons. The number of hydrogen-bond donors (Lipinski definition) is 0. The highest BCUT2D eigenvalue weighted by Crippen LogP contribution is 2.16. The van der Waals surface area contributed by atoms with E-state index in [0.29, 0.717) is 29.4 Å². The fraction of sp³-hybridized carbons (Fsp3) is 0.308. The predicted molar refractivity (Wildman–Crippen MR) is 71.7 cm³/mol. The third-order valence-corrected chi connectivity index (χ3v) is 2.49. The third kappa shape index (κ3) is 3.93. The average Bonchev–Trinajstić information content (AvgIpc) is 2.85. The van der Waals surface area contributed by atoms with Gasteiger partial charge in [0.25, 0.3) is 0 Å². The lowest BCUT2D eigenvalue weighted by molar-refractivity contribution is 0.294. The SMILES string of the molecule is Cn1nnc(COc2ccc(C#CCCCl)c(F)c2)n1. The van der Waals surface area contributed by atoms with Crippen LogP contribution in [0.2, 0.25) is 0 Å². The second kappa shape index (κ2) is 6.87. The van der Waals surface area contributed by atoms with Crippen LogP contribution in [0.3, 0.4) is 0 Å². The maximum absolute atomic E-state index is 13.7. The lowest BCUT2D eigenvalue weighted by Gasteiger charge is -2.04. The van der Waals surface area contributed by atoms with Gasteiger partial charge >= 0.3 is 0 Å². The third-order valence-electron chi connectivity index (χ3n) is 2.30. The maximum atomic E-state index is 13.7. The normalized spacial score (nSPS) is 9.95. The molecule has 0 saturated heterocycles. The zero-order chi connectivity index (χ0) is 14.4. The van der Waals surface area contributed by atoms with Crippen molar-refractivity contribution in [1.82, 2.24) is 20.2 Å². The molecule has 2 rings (SSSR count). The van der Waals surface area contributed by atoms with E-state index in [1.807, 2.05) is 0 Å². The molecular formula is C13H12ClFN4O. The first-order valence-corrected chi connectivity index (χ1v) is 6.42. The standard InChI is InChI=1S/C13H12ClFN4O/c1-19-17-13(16-18-19)9-20-11-6-5-10(12(15)8-11)4-2-3-7-14/h5-6,8H,3,7,9H2,1H3. The van der Waals surface area contributed by atoms with Crippen LogP contribution in [0.5, 0.6) is 5.75 Å². The Morgan fingerprint density at radius 1 is 1.45 bits per heavy atom. The molecule has 1 aromatic heterocycles. The average molecular weight is 295 g/mol. The highest BCUT2D eigenvalue weighted by molar-refractivity contribution is 6.18. The lowest BCUT2D eigenvalue weighted by Crippen LogP contribution is -1.99. The Bertz CT molecular complexity index is 647. The molecule has 0 fully saturated rings. The highest BCUT2D eigenvalue weighted by Gasteiger charge is 2.05. The van der Waals surface area contributed by atoms with E-state index >= 15 is 0 Å². The van der Waals surface area contributed by atoms with Gasteiger partial charge in [0.1, 0.15) is 11.6 Å². The van der Waals surface area contributed by atoms with Crippen molar-refractivity contribution < 1.29 is 9.13 Å². The largest absolute Gasteiger partial charge is 0.485 e. The number of rotatable bonds is 4.